The standard InChI is InChI=1S/C14H19NO4S/c1-15(13-4-2-3-5-13)20(18,19)10-11-6-8-12(9-7-11)14(16)17/h6-9,13H,2-5,10H2,1H3,(H,16,17). The van der Waals surface area contributed by atoms with Gasteiger partial charge in [0.05, 0.1) is 11.3 Å². The first-order chi connectivity index (χ1) is 9.40. The fraction of sp³-hybridized carbons (Fsp3) is 0.500. The van der Waals surface area contributed by atoms with E-state index in [1.807, 2.05) is 0 Å². The molecule has 0 aromatic heterocycles. The van der Waals surface area contributed by atoms with Gasteiger partial charge in [0.1, 0.15) is 0 Å². The largest absolute Gasteiger partial charge is 0.478 e. The molecule has 1 fully saturated rings. The van der Waals surface area contributed by atoms with Crippen molar-refractivity contribution in [2.24, 2.45) is 0 Å². The molecule has 1 saturated carbocycles. The second-order valence-corrected chi connectivity index (χ2v) is 7.24. The average molecular weight is 297 g/mol. The van der Waals surface area contributed by atoms with Crippen LogP contribution in [0.2, 0.25) is 0 Å². The molecule has 0 radical (unpaired) electrons. The highest BCUT2D eigenvalue weighted by atomic mass is 32.2. The van der Waals surface area contributed by atoms with Gasteiger partial charge in [-0.3, -0.25) is 0 Å². The lowest BCUT2D eigenvalue weighted by Gasteiger charge is -2.23. The summed E-state index contributed by atoms with van der Waals surface area (Å²) in [4.78, 5) is 10.8. The minimum Gasteiger partial charge on any atom is -0.478 e. The van der Waals surface area contributed by atoms with Gasteiger partial charge in [-0.15, -0.1) is 0 Å². The number of sulfonamides is 1. The number of hydrogen-bond donors (Lipinski definition) is 1. The van der Waals surface area contributed by atoms with Gasteiger partial charge in [-0.05, 0) is 30.5 Å². The number of aromatic carboxylic acids is 1. The van der Waals surface area contributed by atoms with Gasteiger partial charge >= 0.3 is 5.97 Å². The Bertz CT molecular complexity index is 574. The molecule has 1 N–H and O–H groups in total. The van der Waals surface area contributed by atoms with E-state index in [-0.39, 0.29) is 17.4 Å². The summed E-state index contributed by atoms with van der Waals surface area (Å²) in [5.41, 5.74) is 0.773. The van der Waals surface area contributed by atoms with Crippen molar-refractivity contribution in [3.05, 3.63) is 35.4 Å². The van der Waals surface area contributed by atoms with Crippen molar-refractivity contribution in [1.29, 1.82) is 0 Å². The maximum absolute atomic E-state index is 12.3. The minimum absolute atomic E-state index is 0.0834. The lowest BCUT2D eigenvalue weighted by molar-refractivity contribution is 0.0697. The summed E-state index contributed by atoms with van der Waals surface area (Å²) in [5, 5.41) is 8.81. The van der Waals surface area contributed by atoms with Crippen LogP contribution in [-0.4, -0.2) is 36.9 Å². The Hall–Kier alpha value is -1.40. The van der Waals surface area contributed by atoms with Gasteiger partial charge in [0.15, 0.2) is 0 Å². The number of hydrogen-bond acceptors (Lipinski definition) is 3. The summed E-state index contributed by atoms with van der Waals surface area (Å²) >= 11 is 0. The molecule has 20 heavy (non-hydrogen) atoms. The zero-order valence-electron chi connectivity index (χ0n) is 11.4. The number of carbonyl (C=O) groups is 1. The average Bonchev–Trinajstić information content (AvgIpc) is 2.91. The maximum Gasteiger partial charge on any atom is 0.335 e. The Morgan fingerprint density at radius 2 is 1.80 bits per heavy atom. The van der Waals surface area contributed by atoms with Crippen LogP contribution in [0.5, 0.6) is 0 Å². The lowest BCUT2D eigenvalue weighted by Crippen LogP contribution is -2.36. The van der Waals surface area contributed by atoms with Crippen molar-refractivity contribution in [2.75, 3.05) is 7.05 Å². The summed E-state index contributed by atoms with van der Waals surface area (Å²) in [5.74, 6) is -1.10. The molecular formula is C14H19NO4S. The van der Waals surface area contributed by atoms with Gasteiger partial charge in [-0.2, -0.15) is 0 Å². The molecule has 110 valence electrons. The molecule has 1 aliphatic carbocycles. The number of nitrogens with zero attached hydrogens (tertiary/aromatic N) is 1. The van der Waals surface area contributed by atoms with Crippen LogP contribution < -0.4 is 0 Å². The van der Waals surface area contributed by atoms with Gasteiger partial charge in [0, 0.05) is 13.1 Å². The van der Waals surface area contributed by atoms with E-state index in [2.05, 4.69) is 0 Å². The molecule has 0 amide bonds. The van der Waals surface area contributed by atoms with Gasteiger partial charge < -0.3 is 5.11 Å². The van der Waals surface area contributed by atoms with Crippen molar-refractivity contribution in [3.8, 4) is 0 Å². The molecule has 6 heteroatoms. The van der Waals surface area contributed by atoms with Gasteiger partial charge in [0.25, 0.3) is 0 Å². The van der Waals surface area contributed by atoms with Crippen LogP contribution in [0.25, 0.3) is 0 Å². The summed E-state index contributed by atoms with van der Waals surface area (Å²) in [6.07, 6.45) is 4.01. The third kappa shape index (κ3) is 3.37. The topological polar surface area (TPSA) is 74.7 Å². The lowest BCUT2D eigenvalue weighted by atomic mass is 10.1. The van der Waals surface area contributed by atoms with E-state index in [9.17, 15) is 13.2 Å². The van der Waals surface area contributed by atoms with Crippen molar-refractivity contribution in [2.45, 2.75) is 37.5 Å². The van der Waals surface area contributed by atoms with E-state index in [0.717, 1.165) is 25.7 Å². The maximum atomic E-state index is 12.3. The first kappa shape index (κ1) is 15.0. The fourth-order valence-electron chi connectivity index (χ4n) is 2.55. The van der Waals surface area contributed by atoms with Crippen molar-refractivity contribution in [3.63, 3.8) is 0 Å². The molecule has 1 aliphatic rings. The molecule has 5 nitrogen and oxygen atoms in total. The molecule has 0 heterocycles. The van der Waals surface area contributed by atoms with Crippen LogP contribution >= 0.6 is 0 Å². The number of carboxylic acids is 1. The predicted octanol–water partition coefficient (Wildman–Crippen LogP) is 2.09. The third-order valence-electron chi connectivity index (χ3n) is 3.83. The SMILES string of the molecule is CN(C1CCCC1)S(=O)(=O)Cc1ccc(C(=O)O)cc1. The second-order valence-electron chi connectivity index (χ2n) is 5.21. The highest BCUT2D eigenvalue weighted by Gasteiger charge is 2.28. The number of benzene rings is 1. The molecule has 1 aromatic rings. The van der Waals surface area contributed by atoms with Crippen molar-refractivity contribution >= 4 is 16.0 Å². The van der Waals surface area contributed by atoms with Gasteiger partial charge in [-0.1, -0.05) is 25.0 Å². The van der Waals surface area contributed by atoms with E-state index in [4.69, 9.17) is 5.11 Å². The van der Waals surface area contributed by atoms with Crippen LogP contribution in [0.15, 0.2) is 24.3 Å². The smallest absolute Gasteiger partial charge is 0.335 e. The van der Waals surface area contributed by atoms with E-state index in [1.54, 1.807) is 19.2 Å². The first-order valence-electron chi connectivity index (χ1n) is 6.68. The highest BCUT2D eigenvalue weighted by molar-refractivity contribution is 7.88. The first-order valence-corrected chi connectivity index (χ1v) is 8.29. The molecule has 0 aliphatic heterocycles. The van der Waals surface area contributed by atoms with E-state index in [1.165, 1.54) is 16.4 Å². The van der Waals surface area contributed by atoms with Crippen molar-refractivity contribution < 1.29 is 18.3 Å². The van der Waals surface area contributed by atoms with E-state index < -0.39 is 16.0 Å². The Kier molecular flexibility index (Phi) is 4.45. The summed E-state index contributed by atoms with van der Waals surface area (Å²) in [7, 11) is -1.71. The molecule has 0 spiro atoms. The number of carboxylic acid groups (broad SMARTS) is 1. The quantitative estimate of drug-likeness (QED) is 0.903. The van der Waals surface area contributed by atoms with Crippen LogP contribution in [0.3, 0.4) is 0 Å². The van der Waals surface area contributed by atoms with Crippen LogP contribution in [0, 0.1) is 0 Å². The van der Waals surface area contributed by atoms with Crippen molar-refractivity contribution in [1.82, 2.24) is 4.31 Å². The molecule has 1 aromatic carbocycles. The third-order valence-corrected chi connectivity index (χ3v) is 5.70. The predicted molar refractivity (Wildman–Crippen MR) is 76.0 cm³/mol. The van der Waals surface area contributed by atoms with E-state index in [0.29, 0.717) is 5.56 Å². The molecule has 0 bridgehead atoms. The minimum atomic E-state index is -3.34. The van der Waals surface area contributed by atoms with Gasteiger partial charge in [-0.25, -0.2) is 17.5 Å². The monoisotopic (exact) mass is 297 g/mol. The number of rotatable bonds is 5. The normalized spacial score (nSPS) is 16.7. The zero-order valence-corrected chi connectivity index (χ0v) is 12.3. The fourth-order valence-corrected chi connectivity index (χ4v) is 4.03. The second kappa shape index (κ2) is 5.93. The van der Waals surface area contributed by atoms with Crippen LogP contribution in [0.1, 0.15) is 41.6 Å². The molecular weight excluding hydrogens is 278 g/mol. The summed E-state index contributed by atoms with van der Waals surface area (Å²) in [6, 6.07) is 6.09. The van der Waals surface area contributed by atoms with Gasteiger partial charge in [0.2, 0.25) is 10.0 Å². The summed E-state index contributed by atoms with van der Waals surface area (Å²) in [6.45, 7) is 0. The molecule has 0 atom stereocenters. The Morgan fingerprint density at radius 3 is 2.30 bits per heavy atom. The zero-order chi connectivity index (χ0) is 14.8. The van der Waals surface area contributed by atoms with Crippen LogP contribution in [0.4, 0.5) is 0 Å². The highest BCUT2D eigenvalue weighted by Crippen LogP contribution is 2.25. The Labute approximate surface area is 119 Å². The summed E-state index contributed by atoms with van der Waals surface area (Å²) < 4.78 is 26.1. The van der Waals surface area contributed by atoms with Crippen LogP contribution in [-0.2, 0) is 15.8 Å². The molecule has 0 unspecified atom stereocenters. The molecule has 0 saturated heterocycles. The van der Waals surface area contributed by atoms with E-state index >= 15 is 0 Å². The Balaban J connectivity index is 2.09. The Morgan fingerprint density at radius 1 is 1.25 bits per heavy atom. The molecule has 2 rings (SSSR count).